The van der Waals surface area contributed by atoms with Crippen LogP contribution in [0.15, 0.2) is 54.6 Å². The molecule has 0 spiro atoms. The lowest BCUT2D eigenvalue weighted by molar-refractivity contribution is -0.121. The highest BCUT2D eigenvalue weighted by Gasteiger charge is 2.23. The summed E-state index contributed by atoms with van der Waals surface area (Å²) in [7, 11) is 0. The smallest absolute Gasteiger partial charge is 0.253 e. The molecule has 1 aliphatic rings. The average Bonchev–Trinajstić information content (AvgIpc) is 2.69. The molecule has 1 fully saturated rings. The van der Waals surface area contributed by atoms with Crippen molar-refractivity contribution in [2.75, 3.05) is 18.0 Å². The van der Waals surface area contributed by atoms with Crippen molar-refractivity contribution < 1.29 is 9.59 Å². The predicted molar refractivity (Wildman–Crippen MR) is 113 cm³/mol. The van der Waals surface area contributed by atoms with Gasteiger partial charge in [0.05, 0.1) is 12.0 Å². The Kier molecular flexibility index (Phi) is 6.69. The summed E-state index contributed by atoms with van der Waals surface area (Å²) in [5.41, 5.74) is 2.71. The molecule has 0 atom stereocenters. The summed E-state index contributed by atoms with van der Waals surface area (Å²) in [5, 5.41) is 6.13. The first-order chi connectivity index (χ1) is 13.5. The minimum Gasteiger partial charge on any atom is -0.371 e. The topological polar surface area (TPSA) is 61.4 Å². The highest BCUT2D eigenvalue weighted by atomic mass is 16.2. The Morgan fingerprint density at radius 2 is 1.64 bits per heavy atom. The number of nitrogens with zero attached hydrogens (tertiary/aromatic N) is 1. The second-order valence-corrected chi connectivity index (χ2v) is 7.64. The summed E-state index contributed by atoms with van der Waals surface area (Å²) in [6.45, 7) is 5.57. The maximum Gasteiger partial charge on any atom is 0.253 e. The summed E-state index contributed by atoms with van der Waals surface area (Å²) >= 11 is 0. The van der Waals surface area contributed by atoms with Crippen molar-refractivity contribution in [3.8, 4) is 0 Å². The number of piperidine rings is 1. The second-order valence-electron chi connectivity index (χ2n) is 7.64. The van der Waals surface area contributed by atoms with Crippen LogP contribution in [0, 0.1) is 0 Å². The average molecular weight is 380 g/mol. The first kappa shape index (κ1) is 19.9. The molecular weight excluding hydrogens is 350 g/mol. The molecule has 148 valence electrons. The molecule has 2 aromatic carbocycles. The van der Waals surface area contributed by atoms with Gasteiger partial charge < -0.3 is 15.5 Å². The zero-order valence-corrected chi connectivity index (χ0v) is 16.7. The third kappa shape index (κ3) is 5.35. The molecule has 1 heterocycles. The maximum absolute atomic E-state index is 12.5. The number of nitrogens with one attached hydrogen (secondary N) is 2. The van der Waals surface area contributed by atoms with Gasteiger partial charge in [-0.3, -0.25) is 9.59 Å². The number of anilines is 1. The quantitative estimate of drug-likeness (QED) is 0.811. The Balaban J connectivity index is 1.56. The fourth-order valence-corrected chi connectivity index (χ4v) is 3.61. The molecule has 5 nitrogen and oxygen atoms in total. The highest BCUT2D eigenvalue weighted by Crippen LogP contribution is 2.24. The molecule has 1 aliphatic heterocycles. The van der Waals surface area contributed by atoms with Crippen molar-refractivity contribution in [2.24, 2.45) is 0 Å². The molecule has 0 aromatic heterocycles. The van der Waals surface area contributed by atoms with Crippen LogP contribution in [0.3, 0.4) is 0 Å². The Bertz CT molecular complexity index is 797. The molecule has 2 aromatic rings. The number of carbonyl (C=O) groups excluding carboxylic acids is 2. The van der Waals surface area contributed by atoms with E-state index in [4.69, 9.17) is 0 Å². The molecule has 5 heteroatoms. The summed E-state index contributed by atoms with van der Waals surface area (Å²) in [6.07, 6.45) is 2.17. The first-order valence-electron chi connectivity index (χ1n) is 10.0. The van der Waals surface area contributed by atoms with Gasteiger partial charge in [0, 0.05) is 30.9 Å². The van der Waals surface area contributed by atoms with Crippen molar-refractivity contribution in [1.82, 2.24) is 10.6 Å². The summed E-state index contributed by atoms with van der Waals surface area (Å²) < 4.78 is 0. The minimum absolute atomic E-state index is 0.0381. The Labute approximate surface area is 167 Å². The number of hydrogen-bond donors (Lipinski definition) is 2. The van der Waals surface area contributed by atoms with Gasteiger partial charge in [-0.2, -0.15) is 0 Å². The molecule has 3 rings (SSSR count). The maximum atomic E-state index is 12.5. The molecule has 28 heavy (non-hydrogen) atoms. The van der Waals surface area contributed by atoms with E-state index < -0.39 is 0 Å². The third-order valence-electron chi connectivity index (χ3n) is 4.98. The molecule has 2 N–H and O–H groups in total. The van der Waals surface area contributed by atoms with Crippen molar-refractivity contribution in [1.29, 1.82) is 0 Å². The van der Waals surface area contributed by atoms with Crippen LogP contribution in [-0.4, -0.2) is 37.0 Å². The van der Waals surface area contributed by atoms with Crippen molar-refractivity contribution >= 4 is 17.5 Å². The van der Waals surface area contributed by atoms with Crippen molar-refractivity contribution in [3.05, 3.63) is 65.7 Å². The number of carbonyl (C=O) groups is 2. The van der Waals surface area contributed by atoms with E-state index in [9.17, 15) is 9.59 Å². The Morgan fingerprint density at radius 1 is 1.00 bits per heavy atom. The molecule has 2 amide bonds. The van der Waals surface area contributed by atoms with Crippen LogP contribution in [-0.2, 0) is 11.2 Å². The summed E-state index contributed by atoms with van der Waals surface area (Å²) in [5.74, 6) is 0.0326. The fraction of sp³-hybridized carbons (Fsp3) is 0.391. The van der Waals surface area contributed by atoms with Gasteiger partial charge in [0.15, 0.2) is 0 Å². The Hall–Kier alpha value is -2.82. The zero-order chi connectivity index (χ0) is 19.9. The second kappa shape index (κ2) is 9.40. The predicted octanol–water partition coefficient (Wildman–Crippen LogP) is 3.15. The Morgan fingerprint density at radius 3 is 2.32 bits per heavy atom. The number of hydrogen-bond acceptors (Lipinski definition) is 3. The normalized spacial score (nSPS) is 14.8. The number of rotatable bonds is 6. The van der Waals surface area contributed by atoms with Crippen LogP contribution in [0.4, 0.5) is 5.69 Å². The standard InChI is InChI=1S/C23H29N3O2/c1-17(2)24-23(28)20-10-6-7-11-21(20)26-14-12-19(13-15-26)25-22(27)16-18-8-4-3-5-9-18/h3-11,17,19H,12-16H2,1-2H3,(H,24,28)(H,25,27). The molecule has 0 radical (unpaired) electrons. The first-order valence-corrected chi connectivity index (χ1v) is 10.0. The van der Waals surface area contributed by atoms with Crippen LogP contribution < -0.4 is 15.5 Å². The van der Waals surface area contributed by atoms with E-state index in [0.717, 1.165) is 37.2 Å². The van der Waals surface area contributed by atoms with Gasteiger partial charge in [-0.15, -0.1) is 0 Å². The van der Waals surface area contributed by atoms with Gasteiger partial charge in [0.25, 0.3) is 5.91 Å². The molecule has 0 bridgehead atoms. The summed E-state index contributed by atoms with van der Waals surface area (Å²) in [6, 6.07) is 17.8. The lowest BCUT2D eigenvalue weighted by atomic mass is 10.0. The largest absolute Gasteiger partial charge is 0.371 e. The van der Waals surface area contributed by atoms with Gasteiger partial charge in [-0.25, -0.2) is 0 Å². The van der Waals surface area contributed by atoms with Crippen LogP contribution in [0.1, 0.15) is 42.6 Å². The molecular formula is C23H29N3O2. The monoisotopic (exact) mass is 379 g/mol. The number of benzene rings is 2. The number of amides is 2. The van der Waals surface area contributed by atoms with Crippen LogP contribution in [0.2, 0.25) is 0 Å². The molecule has 0 aliphatic carbocycles. The molecule has 0 unspecified atom stereocenters. The van der Waals surface area contributed by atoms with Crippen molar-refractivity contribution in [2.45, 2.75) is 45.2 Å². The van der Waals surface area contributed by atoms with Gasteiger partial charge >= 0.3 is 0 Å². The van der Waals surface area contributed by atoms with Gasteiger partial charge in [-0.05, 0) is 44.4 Å². The van der Waals surface area contributed by atoms with E-state index in [1.807, 2.05) is 68.4 Å². The van der Waals surface area contributed by atoms with Gasteiger partial charge in [0.2, 0.25) is 5.91 Å². The van der Waals surface area contributed by atoms with E-state index in [0.29, 0.717) is 12.0 Å². The van der Waals surface area contributed by atoms with Crippen LogP contribution in [0.25, 0.3) is 0 Å². The van der Waals surface area contributed by atoms with Crippen molar-refractivity contribution in [3.63, 3.8) is 0 Å². The highest BCUT2D eigenvalue weighted by molar-refractivity contribution is 6.00. The van der Waals surface area contributed by atoms with Crippen LogP contribution >= 0.6 is 0 Å². The van der Waals surface area contributed by atoms with E-state index in [1.54, 1.807) is 0 Å². The van der Waals surface area contributed by atoms with Gasteiger partial charge in [0.1, 0.15) is 0 Å². The van der Waals surface area contributed by atoms with E-state index in [-0.39, 0.29) is 23.9 Å². The fourth-order valence-electron chi connectivity index (χ4n) is 3.61. The van der Waals surface area contributed by atoms with E-state index in [2.05, 4.69) is 15.5 Å². The van der Waals surface area contributed by atoms with E-state index >= 15 is 0 Å². The molecule has 1 saturated heterocycles. The zero-order valence-electron chi connectivity index (χ0n) is 16.7. The van der Waals surface area contributed by atoms with Gasteiger partial charge in [-0.1, -0.05) is 42.5 Å². The van der Waals surface area contributed by atoms with Crippen LogP contribution in [0.5, 0.6) is 0 Å². The van der Waals surface area contributed by atoms with E-state index in [1.165, 1.54) is 0 Å². The SMILES string of the molecule is CC(C)NC(=O)c1ccccc1N1CCC(NC(=O)Cc2ccccc2)CC1. The lowest BCUT2D eigenvalue weighted by Crippen LogP contribution is -2.45. The lowest BCUT2D eigenvalue weighted by Gasteiger charge is -2.35. The summed E-state index contributed by atoms with van der Waals surface area (Å²) in [4.78, 5) is 27.1. The molecule has 0 saturated carbocycles. The minimum atomic E-state index is -0.0381. The number of para-hydroxylation sites is 1. The third-order valence-corrected chi connectivity index (χ3v) is 4.98.